The number of hydrogen-bond acceptors (Lipinski definition) is 5. The summed E-state index contributed by atoms with van der Waals surface area (Å²) in [5, 5.41) is 8.50. The second kappa shape index (κ2) is 7.87. The van der Waals surface area contributed by atoms with Crippen LogP contribution < -0.4 is 10.2 Å². The maximum absolute atomic E-state index is 13.3. The summed E-state index contributed by atoms with van der Waals surface area (Å²) in [6, 6.07) is 6.26. The summed E-state index contributed by atoms with van der Waals surface area (Å²) in [7, 11) is 0. The fraction of sp³-hybridized carbons (Fsp3) is 0.450. The summed E-state index contributed by atoms with van der Waals surface area (Å²) < 4.78 is 16.1. The van der Waals surface area contributed by atoms with Gasteiger partial charge >= 0.3 is 0 Å². The Morgan fingerprint density at radius 2 is 2.14 bits per heavy atom. The first-order valence-electron chi connectivity index (χ1n) is 9.71. The van der Waals surface area contributed by atoms with Crippen molar-refractivity contribution in [3.8, 4) is 5.69 Å². The Hall–Kier alpha value is -2.48. The molecule has 148 valence electrons. The first-order valence-corrected chi connectivity index (χ1v) is 10.5. The normalized spacial score (nSPS) is 17.2. The Balaban J connectivity index is 1.60. The summed E-state index contributed by atoms with van der Waals surface area (Å²) >= 11 is 1.61. The Morgan fingerprint density at radius 1 is 1.36 bits per heavy atom. The van der Waals surface area contributed by atoms with Gasteiger partial charge in [0.2, 0.25) is 5.91 Å². The number of fused-ring (bicyclic) bond motifs is 1. The topological polar surface area (TPSA) is 63.1 Å². The van der Waals surface area contributed by atoms with E-state index in [0.29, 0.717) is 6.54 Å². The molecule has 0 aliphatic carbocycles. The van der Waals surface area contributed by atoms with E-state index in [-0.39, 0.29) is 17.6 Å². The molecule has 0 saturated carbocycles. The third-order valence-electron chi connectivity index (χ3n) is 5.06. The van der Waals surface area contributed by atoms with Crippen LogP contribution in [0.15, 0.2) is 24.3 Å². The number of carbonyl (C=O) groups excluding carboxylic acids is 1. The van der Waals surface area contributed by atoms with Gasteiger partial charge < -0.3 is 10.2 Å². The van der Waals surface area contributed by atoms with E-state index in [4.69, 9.17) is 4.98 Å². The molecule has 1 aromatic carbocycles. The average Bonchev–Trinajstić information content (AvgIpc) is 3.28. The number of amides is 1. The van der Waals surface area contributed by atoms with Crippen LogP contribution in [0.1, 0.15) is 31.9 Å². The van der Waals surface area contributed by atoms with Crippen molar-refractivity contribution in [3.63, 3.8) is 0 Å². The van der Waals surface area contributed by atoms with E-state index in [9.17, 15) is 9.18 Å². The quantitative estimate of drug-likeness (QED) is 0.709. The Labute approximate surface area is 167 Å². The molecule has 0 spiro atoms. The van der Waals surface area contributed by atoms with Crippen molar-refractivity contribution in [1.29, 1.82) is 0 Å². The zero-order valence-electron chi connectivity index (χ0n) is 16.1. The van der Waals surface area contributed by atoms with Gasteiger partial charge in [-0.15, -0.1) is 0 Å². The van der Waals surface area contributed by atoms with Crippen LogP contribution in [-0.2, 0) is 4.79 Å². The van der Waals surface area contributed by atoms with Crippen LogP contribution in [-0.4, -0.2) is 40.3 Å². The summed E-state index contributed by atoms with van der Waals surface area (Å²) in [4.78, 5) is 19.4. The molecule has 4 rings (SSSR count). The van der Waals surface area contributed by atoms with Crippen molar-refractivity contribution in [1.82, 2.24) is 20.1 Å². The number of carbonyl (C=O) groups is 1. The van der Waals surface area contributed by atoms with Gasteiger partial charge in [-0.3, -0.25) is 4.79 Å². The molecule has 6 nitrogen and oxygen atoms in total. The van der Waals surface area contributed by atoms with Crippen molar-refractivity contribution in [2.24, 2.45) is 5.92 Å². The van der Waals surface area contributed by atoms with Crippen LogP contribution in [0.3, 0.4) is 0 Å². The van der Waals surface area contributed by atoms with Crippen molar-refractivity contribution in [2.45, 2.75) is 33.1 Å². The second-order valence-electron chi connectivity index (χ2n) is 7.20. The number of anilines is 1. The number of piperidine rings is 1. The van der Waals surface area contributed by atoms with Crippen molar-refractivity contribution in [2.75, 3.05) is 24.5 Å². The second-order valence-corrected chi connectivity index (χ2v) is 8.18. The number of rotatable bonds is 5. The van der Waals surface area contributed by atoms with Gasteiger partial charge in [-0.2, -0.15) is 10.1 Å². The van der Waals surface area contributed by atoms with E-state index in [1.54, 1.807) is 28.2 Å². The smallest absolute Gasteiger partial charge is 0.224 e. The van der Waals surface area contributed by atoms with Gasteiger partial charge in [-0.05, 0) is 50.5 Å². The molecule has 3 heterocycles. The first-order chi connectivity index (χ1) is 13.6. The standard InChI is InChI=1S/C20H24FN5OS/c1-3-10-22-19(27)14-5-4-11-25(12-14)20-23-18-17(28-20)13(2)24-26(18)16-8-6-15(21)7-9-16/h6-9,14H,3-5,10-12H2,1-2H3,(H,22,27)/t14-/m1/s1. The Bertz CT molecular complexity index is 981. The third kappa shape index (κ3) is 3.61. The predicted molar refractivity (Wildman–Crippen MR) is 110 cm³/mol. The highest BCUT2D eigenvalue weighted by Crippen LogP contribution is 2.34. The zero-order chi connectivity index (χ0) is 19.7. The largest absolute Gasteiger partial charge is 0.356 e. The molecule has 0 unspecified atom stereocenters. The number of aromatic nitrogens is 3. The van der Waals surface area contributed by atoms with Crippen LogP contribution in [0.2, 0.25) is 0 Å². The van der Waals surface area contributed by atoms with Gasteiger partial charge in [-0.25, -0.2) is 9.07 Å². The van der Waals surface area contributed by atoms with E-state index in [1.165, 1.54) is 12.1 Å². The zero-order valence-corrected chi connectivity index (χ0v) is 16.9. The molecular weight excluding hydrogens is 377 g/mol. The minimum atomic E-state index is -0.274. The summed E-state index contributed by atoms with van der Waals surface area (Å²) in [6.07, 6.45) is 2.84. The summed E-state index contributed by atoms with van der Waals surface area (Å²) in [5.41, 5.74) is 2.46. The molecule has 8 heteroatoms. The minimum absolute atomic E-state index is 0.00186. The molecule has 1 fully saturated rings. The lowest BCUT2D eigenvalue weighted by Gasteiger charge is -2.31. The Morgan fingerprint density at radius 3 is 2.89 bits per heavy atom. The van der Waals surface area contributed by atoms with E-state index >= 15 is 0 Å². The molecule has 0 radical (unpaired) electrons. The van der Waals surface area contributed by atoms with Gasteiger partial charge in [0.1, 0.15) is 5.82 Å². The lowest BCUT2D eigenvalue weighted by atomic mass is 9.97. The van der Waals surface area contributed by atoms with Gasteiger partial charge in [0.15, 0.2) is 10.8 Å². The highest BCUT2D eigenvalue weighted by atomic mass is 32.1. The van der Waals surface area contributed by atoms with E-state index in [1.807, 2.05) is 6.92 Å². The highest BCUT2D eigenvalue weighted by molar-refractivity contribution is 7.22. The molecule has 0 bridgehead atoms. The van der Waals surface area contributed by atoms with Crippen molar-refractivity contribution in [3.05, 3.63) is 35.8 Å². The van der Waals surface area contributed by atoms with E-state index in [0.717, 1.165) is 59.2 Å². The molecule has 1 aliphatic heterocycles. The van der Waals surface area contributed by atoms with Gasteiger partial charge in [0.05, 0.1) is 22.0 Å². The lowest BCUT2D eigenvalue weighted by molar-refractivity contribution is -0.125. The van der Waals surface area contributed by atoms with Crippen molar-refractivity contribution < 1.29 is 9.18 Å². The first kappa shape index (κ1) is 18.9. The fourth-order valence-corrected chi connectivity index (χ4v) is 4.60. The number of aryl methyl sites for hydroxylation is 1. The predicted octanol–water partition coefficient (Wildman–Crippen LogP) is 3.67. The number of halogens is 1. The van der Waals surface area contributed by atoms with Crippen LogP contribution in [0.5, 0.6) is 0 Å². The van der Waals surface area contributed by atoms with Crippen molar-refractivity contribution >= 4 is 32.7 Å². The minimum Gasteiger partial charge on any atom is -0.356 e. The van der Waals surface area contributed by atoms with Crippen LogP contribution in [0.25, 0.3) is 16.0 Å². The molecule has 2 aromatic heterocycles. The molecule has 1 aliphatic rings. The average molecular weight is 402 g/mol. The molecule has 1 N–H and O–H groups in total. The molecule has 1 amide bonds. The number of nitrogens with one attached hydrogen (secondary N) is 1. The van der Waals surface area contributed by atoms with Gasteiger partial charge in [0.25, 0.3) is 0 Å². The lowest BCUT2D eigenvalue weighted by Crippen LogP contribution is -2.43. The molecule has 1 atom stereocenters. The van der Waals surface area contributed by atoms with Crippen LogP contribution in [0.4, 0.5) is 9.52 Å². The van der Waals surface area contributed by atoms with Gasteiger partial charge in [-0.1, -0.05) is 18.3 Å². The monoisotopic (exact) mass is 401 g/mol. The fourth-order valence-electron chi connectivity index (χ4n) is 3.58. The number of nitrogens with zero attached hydrogens (tertiary/aromatic N) is 4. The van der Waals surface area contributed by atoms with Crippen LogP contribution >= 0.6 is 11.3 Å². The number of hydrogen-bond donors (Lipinski definition) is 1. The maximum atomic E-state index is 13.3. The third-order valence-corrected chi connectivity index (χ3v) is 6.27. The number of thiazole rings is 1. The van der Waals surface area contributed by atoms with Gasteiger partial charge in [0, 0.05) is 19.6 Å². The highest BCUT2D eigenvalue weighted by Gasteiger charge is 2.28. The molecular formula is C20H24FN5OS. The SMILES string of the molecule is CCCNC(=O)[C@@H]1CCCN(c2nc3c(s2)c(C)nn3-c2ccc(F)cc2)C1. The maximum Gasteiger partial charge on any atom is 0.224 e. The molecule has 1 saturated heterocycles. The number of benzene rings is 1. The summed E-state index contributed by atoms with van der Waals surface area (Å²) in [5.74, 6) is -0.133. The van der Waals surface area contributed by atoms with Crippen LogP contribution in [0, 0.1) is 18.7 Å². The Kier molecular flexibility index (Phi) is 5.30. The van der Waals surface area contributed by atoms with E-state index < -0.39 is 0 Å². The van der Waals surface area contributed by atoms with E-state index in [2.05, 4.69) is 22.2 Å². The molecule has 28 heavy (non-hydrogen) atoms. The summed E-state index contributed by atoms with van der Waals surface area (Å²) in [6.45, 7) is 6.33. The molecule has 3 aromatic rings.